The molecule has 0 aliphatic carbocycles. The first-order valence-corrected chi connectivity index (χ1v) is 5.77. The van der Waals surface area contributed by atoms with E-state index >= 15 is 0 Å². The molecule has 1 N–H and O–H groups in total. The highest BCUT2D eigenvalue weighted by Crippen LogP contribution is 2.29. The van der Waals surface area contributed by atoms with Gasteiger partial charge in [0.05, 0.1) is 30.2 Å². The van der Waals surface area contributed by atoms with E-state index in [1.54, 1.807) is 23.5 Å². The highest BCUT2D eigenvalue weighted by atomic mass is 16.5. The summed E-state index contributed by atoms with van der Waals surface area (Å²) in [5.41, 5.74) is 2.35. The van der Waals surface area contributed by atoms with E-state index in [0.29, 0.717) is 12.3 Å². The molecule has 98 valence electrons. The molecule has 0 aliphatic heterocycles. The summed E-state index contributed by atoms with van der Waals surface area (Å²) in [6, 6.07) is 1.89. The molecule has 2 aromatic heterocycles. The average Bonchev–Trinajstić information content (AvgIpc) is 2.82. The summed E-state index contributed by atoms with van der Waals surface area (Å²) in [4.78, 5) is 0. The van der Waals surface area contributed by atoms with Crippen LogP contribution in [-0.4, -0.2) is 31.8 Å². The van der Waals surface area contributed by atoms with Gasteiger partial charge >= 0.3 is 0 Å². The zero-order valence-electron chi connectivity index (χ0n) is 11.1. The van der Waals surface area contributed by atoms with Crippen LogP contribution < -0.4 is 4.74 Å². The standard InChI is InChI=1S/C12H18N4O2/c1-8-11(12(18-4)16(3)13-8)10(17)7-9-5-6-15(2)14-9/h5-6,10,17H,7H2,1-4H3. The molecule has 6 nitrogen and oxygen atoms in total. The van der Waals surface area contributed by atoms with E-state index in [-0.39, 0.29) is 0 Å². The number of aliphatic hydroxyl groups is 1. The van der Waals surface area contributed by atoms with Crippen molar-refractivity contribution in [2.75, 3.05) is 7.11 Å². The molecule has 0 radical (unpaired) electrons. The lowest BCUT2D eigenvalue weighted by Gasteiger charge is -2.10. The molecule has 0 bridgehead atoms. The molecule has 0 fully saturated rings. The van der Waals surface area contributed by atoms with Crippen LogP contribution in [0.4, 0.5) is 0 Å². The van der Waals surface area contributed by atoms with E-state index < -0.39 is 6.10 Å². The summed E-state index contributed by atoms with van der Waals surface area (Å²) >= 11 is 0. The van der Waals surface area contributed by atoms with Crippen LogP contribution in [0.1, 0.15) is 23.1 Å². The van der Waals surface area contributed by atoms with Crippen molar-refractivity contribution >= 4 is 0 Å². The third-order valence-electron chi connectivity index (χ3n) is 2.91. The summed E-state index contributed by atoms with van der Waals surface area (Å²) in [5.74, 6) is 0.593. The van der Waals surface area contributed by atoms with Crippen molar-refractivity contribution in [3.63, 3.8) is 0 Å². The van der Waals surface area contributed by atoms with Gasteiger partial charge in [0.1, 0.15) is 0 Å². The van der Waals surface area contributed by atoms with Gasteiger partial charge < -0.3 is 9.84 Å². The van der Waals surface area contributed by atoms with Gasteiger partial charge in [0.2, 0.25) is 5.88 Å². The first kappa shape index (κ1) is 12.6. The lowest BCUT2D eigenvalue weighted by atomic mass is 10.1. The number of rotatable bonds is 4. The average molecular weight is 250 g/mol. The monoisotopic (exact) mass is 250 g/mol. The van der Waals surface area contributed by atoms with Gasteiger partial charge in [0.25, 0.3) is 0 Å². The summed E-state index contributed by atoms with van der Waals surface area (Å²) < 4.78 is 8.62. The number of nitrogens with zero attached hydrogens (tertiary/aromatic N) is 4. The van der Waals surface area contributed by atoms with Gasteiger partial charge in [-0.3, -0.25) is 4.68 Å². The molecule has 2 rings (SSSR count). The molecule has 6 heteroatoms. The second-order valence-electron chi connectivity index (χ2n) is 4.33. The maximum Gasteiger partial charge on any atom is 0.217 e. The van der Waals surface area contributed by atoms with Crippen LogP contribution in [0.5, 0.6) is 5.88 Å². The van der Waals surface area contributed by atoms with Crippen molar-refractivity contribution in [1.29, 1.82) is 0 Å². The number of hydrogen-bond donors (Lipinski definition) is 1. The normalized spacial score (nSPS) is 12.7. The second-order valence-corrected chi connectivity index (χ2v) is 4.33. The quantitative estimate of drug-likeness (QED) is 0.869. The topological polar surface area (TPSA) is 65.1 Å². The van der Waals surface area contributed by atoms with Gasteiger partial charge in [-0.15, -0.1) is 0 Å². The maximum atomic E-state index is 10.3. The number of methoxy groups -OCH3 is 1. The molecule has 0 aromatic carbocycles. The van der Waals surface area contributed by atoms with Crippen LogP contribution in [0, 0.1) is 6.92 Å². The Hall–Kier alpha value is -1.82. The van der Waals surface area contributed by atoms with Gasteiger partial charge in [-0.2, -0.15) is 10.2 Å². The summed E-state index contributed by atoms with van der Waals surface area (Å²) in [6.45, 7) is 1.86. The first-order chi connectivity index (χ1) is 8.52. The molecule has 2 heterocycles. The van der Waals surface area contributed by atoms with Crippen LogP contribution in [0.25, 0.3) is 0 Å². The molecule has 18 heavy (non-hydrogen) atoms. The highest BCUT2D eigenvalue weighted by Gasteiger charge is 2.22. The molecule has 2 aromatic rings. The fourth-order valence-corrected chi connectivity index (χ4v) is 2.15. The third kappa shape index (κ3) is 2.24. The number of aliphatic hydroxyl groups excluding tert-OH is 1. The van der Waals surface area contributed by atoms with Crippen molar-refractivity contribution < 1.29 is 9.84 Å². The van der Waals surface area contributed by atoms with E-state index in [4.69, 9.17) is 4.74 Å². The second kappa shape index (κ2) is 4.81. The Morgan fingerprint density at radius 2 is 2.11 bits per heavy atom. The van der Waals surface area contributed by atoms with Crippen molar-refractivity contribution in [3.8, 4) is 5.88 Å². The summed E-state index contributed by atoms with van der Waals surface area (Å²) in [7, 11) is 5.22. The van der Waals surface area contributed by atoms with Gasteiger partial charge in [0.15, 0.2) is 0 Å². The number of aryl methyl sites for hydroxylation is 3. The van der Waals surface area contributed by atoms with Gasteiger partial charge in [0, 0.05) is 26.7 Å². The Balaban J connectivity index is 2.25. The lowest BCUT2D eigenvalue weighted by molar-refractivity contribution is 0.171. The van der Waals surface area contributed by atoms with Crippen LogP contribution in [0.3, 0.4) is 0 Å². The van der Waals surface area contributed by atoms with E-state index in [1.807, 2.05) is 26.2 Å². The first-order valence-electron chi connectivity index (χ1n) is 5.77. The zero-order valence-corrected chi connectivity index (χ0v) is 11.1. The van der Waals surface area contributed by atoms with E-state index in [9.17, 15) is 5.11 Å². The fraction of sp³-hybridized carbons (Fsp3) is 0.500. The summed E-state index contributed by atoms with van der Waals surface area (Å²) in [5, 5.41) is 18.8. The Morgan fingerprint density at radius 1 is 1.39 bits per heavy atom. The maximum absolute atomic E-state index is 10.3. The van der Waals surface area contributed by atoms with Crippen LogP contribution in [-0.2, 0) is 20.5 Å². The van der Waals surface area contributed by atoms with Crippen molar-refractivity contribution in [2.45, 2.75) is 19.4 Å². The van der Waals surface area contributed by atoms with Crippen LogP contribution in [0.2, 0.25) is 0 Å². The summed E-state index contributed by atoms with van der Waals surface area (Å²) in [6.07, 6.45) is 1.64. The Morgan fingerprint density at radius 3 is 2.67 bits per heavy atom. The van der Waals surface area contributed by atoms with Crippen LogP contribution in [0.15, 0.2) is 12.3 Å². The predicted molar refractivity (Wildman–Crippen MR) is 66.4 cm³/mol. The largest absolute Gasteiger partial charge is 0.481 e. The number of ether oxygens (including phenoxy) is 1. The fourth-order valence-electron chi connectivity index (χ4n) is 2.15. The highest BCUT2D eigenvalue weighted by molar-refractivity contribution is 5.33. The number of hydrogen-bond acceptors (Lipinski definition) is 4. The minimum Gasteiger partial charge on any atom is -0.481 e. The molecule has 0 spiro atoms. The van der Waals surface area contributed by atoms with Crippen molar-refractivity contribution in [3.05, 3.63) is 29.2 Å². The SMILES string of the molecule is COc1c(C(O)Cc2ccn(C)n2)c(C)nn1C. The minimum atomic E-state index is -0.663. The van der Waals surface area contributed by atoms with Crippen LogP contribution >= 0.6 is 0 Å². The van der Waals surface area contributed by atoms with Gasteiger partial charge in [-0.1, -0.05) is 0 Å². The molecule has 0 aliphatic rings. The Labute approximate surface area is 106 Å². The van der Waals surface area contributed by atoms with Gasteiger partial charge in [-0.25, -0.2) is 4.68 Å². The third-order valence-corrected chi connectivity index (χ3v) is 2.91. The Kier molecular flexibility index (Phi) is 3.38. The van der Waals surface area contributed by atoms with E-state index in [2.05, 4.69) is 10.2 Å². The molecule has 0 amide bonds. The van der Waals surface area contributed by atoms with E-state index in [0.717, 1.165) is 17.0 Å². The molecule has 0 saturated carbocycles. The smallest absolute Gasteiger partial charge is 0.217 e. The van der Waals surface area contributed by atoms with Crippen molar-refractivity contribution in [1.82, 2.24) is 19.6 Å². The minimum absolute atomic E-state index is 0.448. The molecular weight excluding hydrogens is 232 g/mol. The predicted octanol–water partition coefficient (Wildman–Crippen LogP) is 0.747. The van der Waals surface area contributed by atoms with Gasteiger partial charge in [-0.05, 0) is 13.0 Å². The molecular formula is C12H18N4O2. The molecule has 1 atom stereocenters. The molecule has 1 unspecified atom stereocenters. The van der Waals surface area contributed by atoms with E-state index in [1.165, 1.54) is 0 Å². The van der Waals surface area contributed by atoms with Crippen molar-refractivity contribution in [2.24, 2.45) is 14.1 Å². The number of aromatic nitrogens is 4. The Bertz CT molecular complexity index is 544. The zero-order chi connectivity index (χ0) is 13.3. The molecule has 0 saturated heterocycles. The lowest BCUT2D eigenvalue weighted by Crippen LogP contribution is -2.06.